The van der Waals surface area contributed by atoms with Crippen LogP contribution in [-0.2, 0) is 0 Å². The van der Waals surface area contributed by atoms with E-state index in [-0.39, 0.29) is 16.3 Å². The fourth-order valence-electron chi connectivity index (χ4n) is 2.05. The summed E-state index contributed by atoms with van der Waals surface area (Å²) in [5, 5.41) is 6.26. The fourth-order valence-corrected chi connectivity index (χ4v) is 2.93. The minimum atomic E-state index is -0.758. The standard InChI is InChI=1S/C17H13FN4O2S/c18-11-8-6-10(7-9-11)15(24)22-16-13(14(19)23)21-17(25-16)20-12-4-2-1-3-5-12/h1-9H,(H2,19,23)(H,20,21)(H,22,24). The Bertz CT molecular complexity index is 910. The Balaban J connectivity index is 1.83. The number of nitrogens with one attached hydrogen (secondary N) is 2. The highest BCUT2D eigenvalue weighted by Crippen LogP contribution is 2.30. The van der Waals surface area contributed by atoms with E-state index in [0.29, 0.717) is 5.13 Å². The van der Waals surface area contributed by atoms with E-state index in [4.69, 9.17) is 5.73 Å². The first-order valence-corrected chi connectivity index (χ1v) is 8.04. The maximum atomic E-state index is 12.9. The number of para-hydroxylation sites is 1. The summed E-state index contributed by atoms with van der Waals surface area (Å²) in [6.07, 6.45) is 0. The number of thiazole rings is 1. The molecule has 0 aliphatic carbocycles. The molecular weight excluding hydrogens is 343 g/mol. The van der Waals surface area contributed by atoms with Crippen LogP contribution in [0.15, 0.2) is 54.6 Å². The molecule has 0 saturated carbocycles. The van der Waals surface area contributed by atoms with Crippen LogP contribution in [0.25, 0.3) is 0 Å². The van der Waals surface area contributed by atoms with Gasteiger partial charge in [0, 0.05) is 11.3 Å². The third-order valence-corrected chi connectivity index (χ3v) is 4.11. The molecule has 2 amide bonds. The molecule has 3 aromatic rings. The van der Waals surface area contributed by atoms with Gasteiger partial charge in [0.1, 0.15) is 10.8 Å². The zero-order valence-electron chi connectivity index (χ0n) is 12.8. The monoisotopic (exact) mass is 356 g/mol. The predicted molar refractivity (Wildman–Crippen MR) is 94.7 cm³/mol. The first-order chi connectivity index (χ1) is 12.0. The van der Waals surface area contributed by atoms with Gasteiger partial charge in [-0.25, -0.2) is 9.37 Å². The number of nitrogens with zero attached hydrogens (tertiary/aromatic N) is 1. The molecule has 3 rings (SSSR count). The summed E-state index contributed by atoms with van der Waals surface area (Å²) in [5.74, 6) is -1.69. The SMILES string of the molecule is NC(=O)c1nc(Nc2ccccc2)sc1NC(=O)c1ccc(F)cc1. The van der Waals surface area contributed by atoms with E-state index in [0.717, 1.165) is 17.0 Å². The van der Waals surface area contributed by atoms with Gasteiger partial charge in [-0.15, -0.1) is 0 Å². The van der Waals surface area contributed by atoms with Crippen molar-refractivity contribution in [2.75, 3.05) is 10.6 Å². The quantitative estimate of drug-likeness (QED) is 0.653. The maximum Gasteiger partial charge on any atom is 0.270 e. The smallest absolute Gasteiger partial charge is 0.270 e. The summed E-state index contributed by atoms with van der Waals surface area (Å²) in [7, 11) is 0. The summed E-state index contributed by atoms with van der Waals surface area (Å²) in [5.41, 5.74) is 6.32. The minimum absolute atomic E-state index is 0.0427. The number of aromatic nitrogens is 1. The van der Waals surface area contributed by atoms with E-state index in [1.807, 2.05) is 30.3 Å². The molecule has 0 unspecified atom stereocenters. The van der Waals surface area contributed by atoms with Crippen molar-refractivity contribution < 1.29 is 14.0 Å². The van der Waals surface area contributed by atoms with E-state index >= 15 is 0 Å². The van der Waals surface area contributed by atoms with E-state index in [9.17, 15) is 14.0 Å². The normalized spacial score (nSPS) is 10.3. The second-order valence-electron chi connectivity index (χ2n) is 5.01. The molecule has 2 aromatic carbocycles. The first kappa shape index (κ1) is 16.6. The van der Waals surface area contributed by atoms with Crippen LogP contribution in [0, 0.1) is 5.82 Å². The molecular formula is C17H13FN4O2S. The van der Waals surface area contributed by atoms with E-state index in [1.54, 1.807) is 0 Å². The zero-order valence-corrected chi connectivity index (χ0v) is 13.6. The molecule has 126 valence electrons. The summed E-state index contributed by atoms with van der Waals surface area (Å²) in [6.45, 7) is 0. The summed E-state index contributed by atoms with van der Waals surface area (Å²) in [4.78, 5) is 28.0. The number of rotatable bonds is 5. The highest BCUT2D eigenvalue weighted by Gasteiger charge is 2.19. The molecule has 1 heterocycles. The van der Waals surface area contributed by atoms with Gasteiger partial charge in [-0.2, -0.15) is 0 Å². The summed E-state index contributed by atoms with van der Waals surface area (Å²) >= 11 is 1.08. The second kappa shape index (κ2) is 7.10. The lowest BCUT2D eigenvalue weighted by molar-refractivity contribution is 0.0997. The van der Waals surface area contributed by atoms with Gasteiger partial charge in [-0.1, -0.05) is 29.5 Å². The number of hydrogen-bond donors (Lipinski definition) is 3. The lowest BCUT2D eigenvalue weighted by Gasteiger charge is -2.03. The zero-order chi connectivity index (χ0) is 17.8. The van der Waals surface area contributed by atoms with Crippen LogP contribution < -0.4 is 16.4 Å². The number of anilines is 3. The van der Waals surface area contributed by atoms with Gasteiger partial charge < -0.3 is 16.4 Å². The topological polar surface area (TPSA) is 97.1 Å². The Labute approximate surface area is 146 Å². The Morgan fingerprint density at radius 3 is 2.36 bits per heavy atom. The number of carbonyl (C=O) groups is 2. The lowest BCUT2D eigenvalue weighted by atomic mass is 10.2. The molecule has 25 heavy (non-hydrogen) atoms. The lowest BCUT2D eigenvalue weighted by Crippen LogP contribution is -2.17. The van der Waals surface area contributed by atoms with Crippen LogP contribution in [0.1, 0.15) is 20.8 Å². The molecule has 8 heteroatoms. The fraction of sp³-hybridized carbons (Fsp3) is 0. The van der Waals surface area contributed by atoms with Crippen molar-refractivity contribution in [1.29, 1.82) is 0 Å². The van der Waals surface area contributed by atoms with Gasteiger partial charge >= 0.3 is 0 Å². The van der Waals surface area contributed by atoms with Crippen molar-refractivity contribution in [3.8, 4) is 0 Å². The van der Waals surface area contributed by atoms with Crippen LogP contribution in [0.2, 0.25) is 0 Å². The molecule has 0 radical (unpaired) electrons. The molecule has 0 saturated heterocycles. The number of halogens is 1. The van der Waals surface area contributed by atoms with Gasteiger partial charge in [0.25, 0.3) is 11.8 Å². The third-order valence-electron chi connectivity index (χ3n) is 3.22. The van der Waals surface area contributed by atoms with Gasteiger partial charge in [-0.05, 0) is 36.4 Å². The highest BCUT2D eigenvalue weighted by molar-refractivity contribution is 7.20. The predicted octanol–water partition coefficient (Wildman–Crippen LogP) is 3.38. The maximum absolute atomic E-state index is 12.9. The Hall–Kier alpha value is -3.26. The summed E-state index contributed by atoms with van der Waals surface area (Å²) < 4.78 is 12.9. The molecule has 4 N–H and O–H groups in total. The molecule has 0 bridgehead atoms. The van der Waals surface area contributed by atoms with Crippen LogP contribution in [0.4, 0.5) is 20.2 Å². The Morgan fingerprint density at radius 1 is 1.04 bits per heavy atom. The number of primary amides is 1. The molecule has 0 aliphatic rings. The van der Waals surface area contributed by atoms with Crippen molar-refractivity contribution in [2.45, 2.75) is 0 Å². The molecule has 0 spiro atoms. The Morgan fingerprint density at radius 2 is 1.72 bits per heavy atom. The molecule has 6 nitrogen and oxygen atoms in total. The van der Waals surface area contributed by atoms with Crippen molar-refractivity contribution in [3.63, 3.8) is 0 Å². The number of benzene rings is 2. The van der Waals surface area contributed by atoms with Crippen molar-refractivity contribution in [2.24, 2.45) is 5.73 Å². The van der Waals surface area contributed by atoms with Gasteiger partial charge in [-0.3, -0.25) is 9.59 Å². The van der Waals surface area contributed by atoms with E-state index in [2.05, 4.69) is 15.6 Å². The average Bonchev–Trinajstić information content (AvgIpc) is 2.99. The van der Waals surface area contributed by atoms with E-state index < -0.39 is 17.6 Å². The molecule has 0 fully saturated rings. The number of amides is 2. The van der Waals surface area contributed by atoms with Crippen molar-refractivity contribution in [1.82, 2.24) is 4.98 Å². The van der Waals surface area contributed by atoms with Crippen molar-refractivity contribution >= 4 is 39.0 Å². The van der Waals surface area contributed by atoms with Crippen LogP contribution in [0.3, 0.4) is 0 Å². The molecule has 0 aliphatic heterocycles. The van der Waals surface area contributed by atoms with Crippen molar-refractivity contribution in [3.05, 3.63) is 71.7 Å². The van der Waals surface area contributed by atoms with Crippen LogP contribution in [0.5, 0.6) is 0 Å². The first-order valence-electron chi connectivity index (χ1n) is 7.22. The number of nitrogens with two attached hydrogens (primary N) is 1. The second-order valence-corrected chi connectivity index (χ2v) is 6.01. The van der Waals surface area contributed by atoms with Gasteiger partial charge in [0.2, 0.25) is 0 Å². The minimum Gasteiger partial charge on any atom is -0.364 e. The highest BCUT2D eigenvalue weighted by atomic mass is 32.1. The average molecular weight is 356 g/mol. The van der Waals surface area contributed by atoms with Crippen LogP contribution in [-0.4, -0.2) is 16.8 Å². The largest absolute Gasteiger partial charge is 0.364 e. The molecule has 1 aromatic heterocycles. The Kier molecular flexibility index (Phi) is 4.71. The van der Waals surface area contributed by atoms with Gasteiger partial charge in [0.05, 0.1) is 0 Å². The number of hydrogen-bond acceptors (Lipinski definition) is 5. The van der Waals surface area contributed by atoms with E-state index in [1.165, 1.54) is 24.3 Å². The molecule has 0 atom stereocenters. The third kappa shape index (κ3) is 3.99. The van der Waals surface area contributed by atoms with Crippen LogP contribution >= 0.6 is 11.3 Å². The number of carbonyl (C=O) groups excluding carboxylic acids is 2. The van der Waals surface area contributed by atoms with Gasteiger partial charge in [0.15, 0.2) is 10.8 Å². The summed E-state index contributed by atoms with van der Waals surface area (Å²) in [6, 6.07) is 14.3.